The molecule has 0 saturated carbocycles. The van der Waals surface area contributed by atoms with E-state index in [-0.39, 0.29) is 22.0 Å². The smallest absolute Gasteiger partial charge is 0.252 e. The minimum atomic E-state index is -3.82. The maximum absolute atomic E-state index is 11.3. The van der Waals surface area contributed by atoms with Crippen molar-refractivity contribution < 1.29 is 17.9 Å². The second kappa shape index (κ2) is 5.32. The maximum Gasteiger partial charge on any atom is 0.252 e. The molecule has 0 heterocycles. The van der Waals surface area contributed by atoms with Crippen LogP contribution in [0.3, 0.4) is 0 Å². The monoisotopic (exact) mass is 292 g/mol. The van der Waals surface area contributed by atoms with Crippen LogP contribution in [0.25, 0.3) is 0 Å². The Morgan fingerprint density at radius 2 is 1.75 bits per heavy atom. The fourth-order valence-electron chi connectivity index (χ4n) is 1.60. The number of benzene rings is 2. The normalized spacial score (nSPS) is 11.1. The minimum Gasteiger partial charge on any atom is -0.456 e. The molecule has 104 valence electrons. The topological polar surface area (TPSA) is 112 Å². The second-order valence-corrected chi connectivity index (χ2v) is 5.54. The Labute approximate surface area is 116 Å². The summed E-state index contributed by atoms with van der Waals surface area (Å²) in [4.78, 5) is 11.2. The Kier molecular flexibility index (Phi) is 3.73. The Morgan fingerprint density at radius 1 is 1.05 bits per heavy atom. The third kappa shape index (κ3) is 3.14. The third-order valence-corrected chi connectivity index (χ3v) is 3.43. The lowest BCUT2D eigenvalue weighted by Crippen LogP contribution is -2.13. The molecule has 20 heavy (non-hydrogen) atoms. The third-order valence-electron chi connectivity index (χ3n) is 2.51. The molecule has 6 nitrogen and oxygen atoms in total. The van der Waals surface area contributed by atoms with E-state index in [0.29, 0.717) is 0 Å². The van der Waals surface area contributed by atoms with Crippen molar-refractivity contribution in [1.82, 2.24) is 0 Å². The fraction of sp³-hybridized carbons (Fsp3) is 0. The zero-order chi connectivity index (χ0) is 14.8. The SMILES string of the molecule is NC(=O)c1ccccc1Oc1cccc(S(N)(=O)=O)c1. The molecule has 0 radical (unpaired) electrons. The van der Waals surface area contributed by atoms with Crippen molar-refractivity contribution in [2.45, 2.75) is 4.90 Å². The summed E-state index contributed by atoms with van der Waals surface area (Å²) in [6.45, 7) is 0. The van der Waals surface area contributed by atoms with Crippen molar-refractivity contribution in [3.8, 4) is 11.5 Å². The molecule has 0 unspecified atom stereocenters. The van der Waals surface area contributed by atoms with Crippen molar-refractivity contribution >= 4 is 15.9 Å². The largest absolute Gasteiger partial charge is 0.456 e. The molecule has 4 N–H and O–H groups in total. The number of para-hydroxylation sites is 1. The molecule has 2 rings (SSSR count). The van der Waals surface area contributed by atoms with Gasteiger partial charge in [0.2, 0.25) is 10.0 Å². The van der Waals surface area contributed by atoms with Crippen molar-refractivity contribution in [2.75, 3.05) is 0 Å². The summed E-state index contributed by atoms with van der Waals surface area (Å²) in [7, 11) is -3.82. The van der Waals surface area contributed by atoms with Crippen molar-refractivity contribution in [2.24, 2.45) is 10.9 Å². The number of hydrogen-bond donors (Lipinski definition) is 2. The molecule has 0 atom stereocenters. The van der Waals surface area contributed by atoms with Gasteiger partial charge in [-0.05, 0) is 24.3 Å². The van der Waals surface area contributed by atoms with E-state index in [1.807, 2.05) is 0 Å². The molecule has 1 amide bonds. The van der Waals surface area contributed by atoms with Crippen LogP contribution in [0.5, 0.6) is 11.5 Å². The summed E-state index contributed by atoms with van der Waals surface area (Å²) in [6, 6.07) is 12.0. The van der Waals surface area contributed by atoms with Gasteiger partial charge in [-0.2, -0.15) is 0 Å². The number of primary sulfonamides is 1. The quantitative estimate of drug-likeness (QED) is 0.882. The van der Waals surface area contributed by atoms with Crippen LogP contribution in [0.2, 0.25) is 0 Å². The van der Waals surface area contributed by atoms with Gasteiger partial charge in [-0.25, -0.2) is 13.6 Å². The van der Waals surface area contributed by atoms with Gasteiger partial charge in [0.1, 0.15) is 11.5 Å². The molecular weight excluding hydrogens is 280 g/mol. The summed E-state index contributed by atoms with van der Waals surface area (Å²) in [5.74, 6) is -0.153. The number of hydrogen-bond acceptors (Lipinski definition) is 4. The van der Waals surface area contributed by atoms with Gasteiger partial charge in [0.15, 0.2) is 0 Å². The highest BCUT2D eigenvalue weighted by atomic mass is 32.2. The Hall–Kier alpha value is -2.38. The van der Waals surface area contributed by atoms with Gasteiger partial charge in [-0.1, -0.05) is 18.2 Å². The molecule has 0 aliphatic heterocycles. The molecule has 0 aromatic heterocycles. The zero-order valence-corrected chi connectivity index (χ0v) is 11.1. The number of nitrogens with two attached hydrogens (primary N) is 2. The van der Waals surface area contributed by atoms with E-state index < -0.39 is 15.9 Å². The first-order valence-electron chi connectivity index (χ1n) is 5.57. The van der Waals surface area contributed by atoms with E-state index in [2.05, 4.69) is 0 Å². The average Bonchev–Trinajstić information content (AvgIpc) is 2.38. The molecular formula is C13H12N2O4S. The highest BCUT2D eigenvalue weighted by molar-refractivity contribution is 7.89. The molecule has 2 aromatic rings. The Morgan fingerprint density at radius 3 is 2.40 bits per heavy atom. The lowest BCUT2D eigenvalue weighted by Gasteiger charge is -2.09. The number of carbonyl (C=O) groups excluding carboxylic acids is 1. The lowest BCUT2D eigenvalue weighted by molar-refractivity contribution is 0.0998. The number of amides is 1. The molecule has 0 bridgehead atoms. The van der Waals surface area contributed by atoms with Gasteiger partial charge < -0.3 is 10.5 Å². The molecule has 0 aliphatic rings. The van der Waals surface area contributed by atoms with Crippen molar-refractivity contribution in [3.63, 3.8) is 0 Å². The van der Waals surface area contributed by atoms with Crippen LogP contribution >= 0.6 is 0 Å². The van der Waals surface area contributed by atoms with Gasteiger partial charge in [0.25, 0.3) is 5.91 Å². The predicted octanol–water partition coefficient (Wildman–Crippen LogP) is 1.23. The van der Waals surface area contributed by atoms with Gasteiger partial charge in [-0.3, -0.25) is 4.79 Å². The van der Waals surface area contributed by atoms with Crippen LogP contribution in [0.4, 0.5) is 0 Å². The lowest BCUT2D eigenvalue weighted by atomic mass is 10.2. The van der Waals surface area contributed by atoms with Crippen LogP contribution in [-0.4, -0.2) is 14.3 Å². The highest BCUT2D eigenvalue weighted by Crippen LogP contribution is 2.26. The van der Waals surface area contributed by atoms with Gasteiger partial charge in [0.05, 0.1) is 10.5 Å². The number of primary amides is 1. The van der Waals surface area contributed by atoms with Gasteiger partial charge in [-0.15, -0.1) is 0 Å². The molecule has 0 spiro atoms. The summed E-state index contributed by atoms with van der Waals surface area (Å²) in [5, 5.41) is 5.04. The molecule has 2 aromatic carbocycles. The number of carbonyl (C=O) groups is 1. The van der Waals surface area contributed by atoms with Crippen LogP contribution < -0.4 is 15.6 Å². The van der Waals surface area contributed by atoms with Crippen LogP contribution in [0.1, 0.15) is 10.4 Å². The number of rotatable bonds is 4. The van der Waals surface area contributed by atoms with Gasteiger partial charge >= 0.3 is 0 Å². The highest BCUT2D eigenvalue weighted by Gasteiger charge is 2.12. The van der Waals surface area contributed by atoms with Crippen molar-refractivity contribution in [1.29, 1.82) is 0 Å². The van der Waals surface area contributed by atoms with Crippen LogP contribution in [-0.2, 0) is 10.0 Å². The first-order valence-corrected chi connectivity index (χ1v) is 7.12. The first-order chi connectivity index (χ1) is 9.38. The summed E-state index contributed by atoms with van der Waals surface area (Å²) in [5.41, 5.74) is 5.43. The molecule has 0 saturated heterocycles. The average molecular weight is 292 g/mol. The standard InChI is InChI=1S/C13H12N2O4S/c14-13(16)11-6-1-2-7-12(11)19-9-4-3-5-10(8-9)20(15,17)18/h1-8H,(H2,14,16)(H2,15,17,18). The van der Waals surface area contributed by atoms with E-state index in [1.54, 1.807) is 24.3 Å². The molecule has 0 aliphatic carbocycles. The van der Waals surface area contributed by atoms with Crippen molar-refractivity contribution in [3.05, 3.63) is 54.1 Å². The maximum atomic E-state index is 11.3. The number of sulfonamides is 1. The first kappa shape index (κ1) is 14.0. The van der Waals surface area contributed by atoms with E-state index in [9.17, 15) is 13.2 Å². The molecule has 0 fully saturated rings. The zero-order valence-electron chi connectivity index (χ0n) is 10.3. The Balaban J connectivity index is 2.39. The van der Waals surface area contributed by atoms with Gasteiger partial charge in [0, 0.05) is 6.07 Å². The fourth-order valence-corrected chi connectivity index (χ4v) is 2.15. The van der Waals surface area contributed by atoms with E-state index in [4.69, 9.17) is 15.6 Å². The summed E-state index contributed by atoms with van der Waals surface area (Å²) < 4.78 is 28.0. The second-order valence-electron chi connectivity index (χ2n) is 3.98. The Bertz CT molecular complexity index is 756. The van der Waals surface area contributed by atoms with E-state index in [1.165, 1.54) is 24.3 Å². The van der Waals surface area contributed by atoms with E-state index in [0.717, 1.165) is 0 Å². The van der Waals surface area contributed by atoms with E-state index >= 15 is 0 Å². The van der Waals surface area contributed by atoms with Crippen LogP contribution in [0.15, 0.2) is 53.4 Å². The summed E-state index contributed by atoms with van der Waals surface area (Å²) >= 11 is 0. The minimum absolute atomic E-state index is 0.0773. The molecule has 7 heteroatoms. The summed E-state index contributed by atoms with van der Waals surface area (Å²) in [6.07, 6.45) is 0. The van der Waals surface area contributed by atoms with Crippen LogP contribution in [0, 0.1) is 0 Å². The predicted molar refractivity (Wildman–Crippen MR) is 72.8 cm³/mol. The number of ether oxygens (including phenoxy) is 1.